The molecule has 2 N–H and O–H groups in total. The van der Waals surface area contributed by atoms with Crippen LogP contribution in [0, 0.1) is 0 Å². The van der Waals surface area contributed by atoms with Crippen LogP contribution in [-0.2, 0) is 4.57 Å². The SMILES string of the molecule is O=P([O-])(O)c1cc2ccccc2cc1O. The van der Waals surface area contributed by atoms with Gasteiger partial charge in [-0.2, -0.15) is 0 Å². The van der Waals surface area contributed by atoms with Crippen LogP contribution in [0.5, 0.6) is 5.75 Å². The van der Waals surface area contributed by atoms with Crippen LogP contribution in [0.4, 0.5) is 0 Å². The van der Waals surface area contributed by atoms with Crippen molar-refractivity contribution in [2.45, 2.75) is 0 Å². The summed E-state index contributed by atoms with van der Waals surface area (Å²) in [5, 5.41) is 10.3. The van der Waals surface area contributed by atoms with Crippen molar-refractivity contribution in [2.75, 3.05) is 0 Å². The third kappa shape index (κ3) is 1.88. The van der Waals surface area contributed by atoms with Crippen LogP contribution in [0.3, 0.4) is 0 Å². The van der Waals surface area contributed by atoms with E-state index in [9.17, 15) is 14.6 Å². The van der Waals surface area contributed by atoms with Gasteiger partial charge in [0.25, 0.3) is 0 Å². The maximum Gasteiger partial charge on any atom is 0.166 e. The highest BCUT2D eigenvalue weighted by Crippen LogP contribution is 2.34. The zero-order valence-corrected chi connectivity index (χ0v) is 8.52. The van der Waals surface area contributed by atoms with Crippen molar-refractivity contribution >= 4 is 23.7 Å². The van der Waals surface area contributed by atoms with Gasteiger partial charge in [-0.15, -0.1) is 0 Å². The molecule has 0 spiro atoms. The fourth-order valence-electron chi connectivity index (χ4n) is 1.44. The van der Waals surface area contributed by atoms with Gasteiger partial charge < -0.3 is 19.5 Å². The molecule has 0 heterocycles. The zero-order valence-electron chi connectivity index (χ0n) is 7.62. The maximum absolute atomic E-state index is 10.9. The van der Waals surface area contributed by atoms with Crippen molar-refractivity contribution in [1.29, 1.82) is 0 Å². The van der Waals surface area contributed by atoms with Crippen molar-refractivity contribution in [3.05, 3.63) is 36.4 Å². The summed E-state index contributed by atoms with van der Waals surface area (Å²) in [6.07, 6.45) is 0. The normalized spacial score (nSPS) is 15.1. The van der Waals surface area contributed by atoms with Gasteiger partial charge >= 0.3 is 0 Å². The molecule has 5 heteroatoms. The van der Waals surface area contributed by atoms with Crippen molar-refractivity contribution in [1.82, 2.24) is 0 Å². The number of rotatable bonds is 1. The van der Waals surface area contributed by atoms with Crippen molar-refractivity contribution in [3.8, 4) is 5.75 Å². The second-order valence-electron chi connectivity index (χ2n) is 3.21. The van der Waals surface area contributed by atoms with E-state index in [1.165, 1.54) is 12.1 Å². The predicted octanol–water partition coefficient (Wildman–Crippen LogP) is 0.716. The van der Waals surface area contributed by atoms with E-state index in [4.69, 9.17) is 4.89 Å². The molecule has 0 saturated carbocycles. The molecule has 0 amide bonds. The Morgan fingerprint density at radius 1 is 1.13 bits per heavy atom. The van der Waals surface area contributed by atoms with E-state index in [2.05, 4.69) is 0 Å². The Morgan fingerprint density at radius 2 is 1.67 bits per heavy atom. The number of fused-ring (bicyclic) bond motifs is 1. The Bertz CT molecular complexity index is 558. The predicted molar refractivity (Wildman–Crippen MR) is 55.1 cm³/mol. The molecule has 0 aliphatic heterocycles. The molecule has 0 aliphatic carbocycles. The van der Waals surface area contributed by atoms with E-state index in [-0.39, 0.29) is 0 Å². The molecule has 0 bridgehead atoms. The minimum absolute atomic E-state index is 0.436. The Morgan fingerprint density at radius 3 is 2.20 bits per heavy atom. The second kappa shape index (κ2) is 3.35. The highest BCUT2D eigenvalue weighted by atomic mass is 31.2. The number of hydrogen-bond donors (Lipinski definition) is 2. The molecule has 2 rings (SSSR count). The molecule has 1 atom stereocenters. The number of phenols is 1. The van der Waals surface area contributed by atoms with Crippen LogP contribution in [0.15, 0.2) is 36.4 Å². The first-order chi connectivity index (χ1) is 6.98. The minimum atomic E-state index is -4.66. The first kappa shape index (κ1) is 10.2. The smallest absolute Gasteiger partial charge is 0.166 e. The Kier molecular flexibility index (Phi) is 2.27. The van der Waals surface area contributed by atoms with Gasteiger partial charge in [-0.25, -0.2) is 0 Å². The first-order valence-electron chi connectivity index (χ1n) is 4.24. The summed E-state index contributed by atoms with van der Waals surface area (Å²) in [5.74, 6) is -0.436. The van der Waals surface area contributed by atoms with E-state index >= 15 is 0 Å². The van der Waals surface area contributed by atoms with E-state index in [1.54, 1.807) is 24.3 Å². The lowest BCUT2D eigenvalue weighted by Crippen LogP contribution is -2.14. The Hall–Kier alpha value is -1.35. The number of aromatic hydroxyl groups is 1. The fourth-order valence-corrected chi connectivity index (χ4v) is 2.10. The molecule has 2 aromatic rings. The first-order valence-corrected chi connectivity index (χ1v) is 5.82. The molecular formula is C10H8O4P-. The third-order valence-corrected chi connectivity index (χ3v) is 3.11. The van der Waals surface area contributed by atoms with Gasteiger partial charge in [0.05, 0.1) is 5.30 Å². The van der Waals surface area contributed by atoms with Gasteiger partial charge in [0.15, 0.2) is 7.60 Å². The van der Waals surface area contributed by atoms with Crippen LogP contribution in [0.1, 0.15) is 0 Å². The highest BCUT2D eigenvalue weighted by molar-refractivity contribution is 7.59. The third-order valence-electron chi connectivity index (χ3n) is 2.15. The molecule has 15 heavy (non-hydrogen) atoms. The van der Waals surface area contributed by atoms with E-state index < -0.39 is 18.6 Å². The lowest BCUT2D eigenvalue weighted by Gasteiger charge is -2.17. The molecular weight excluding hydrogens is 215 g/mol. The standard InChI is InChI=1S/C10H9O4P/c11-9-5-7-3-1-2-4-8(7)6-10(9)15(12,13)14/h1-6,11H,(H2,12,13,14)/p-1. The summed E-state index contributed by atoms with van der Waals surface area (Å²) in [6, 6.07) is 9.52. The van der Waals surface area contributed by atoms with E-state index in [0.717, 1.165) is 0 Å². The monoisotopic (exact) mass is 223 g/mol. The van der Waals surface area contributed by atoms with Crippen LogP contribution < -0.4 is 10.2 Å². The molecule has 2 aromatic carbocycles. The van der Waals surface area contributed by atoms with Gasteiger partial charge in [0, 0.05) is 0 Å². The molecule has 0 saturated heterocycles. The summed E-state index contributed by atoms with van der Waals surface area (Å²) in [6.45, 7) is 0. The van der Waals surface area contributed by atoms with Crippen LogP contribution >= 0.6 is 7.60 Å². The Labute approximate surface area is 86.0 Å². The largest absolute Gasteiger partial charge is 0.775 e. The quantitative estimate of drug-likeness (QED) is 0.698. The molecule has 1 unspecified atom stereocenters. The van der Waals surface area contributed by atoms with Crippen LogP contribution in [0.2, 0.25) is 0 Å². The average molecular weight is 223 g/mol. The van der Waals surface area contributed by atoms with Gasteiger partial charge in [0.1, 0.15) is 5.75 Å². The van der Waals surface area contributed by atoms with Gasteiger partial charge in [-0.1, -0.05) is 24.3 Å². The number of hydrogen-bond acceptors (Lipinski definition) is 3. The molecule has 0 radical (unpaired) electrons. The second-order valence-corrected chi connectivity index (χ2v) is 4.73. The highest BCUT2D eigenvalue weighted by Gasteiger charge is 2.13. The average Bonchev–Trinajstić information content (AvgIpc) is 2.15. The summed E-state index contributed by atoms with van der Waals surface area (Å²) in [4.78, 5) is 19.8. The van der Waals surface area contributed by atoms with Crippen molar-refractivity contribution in [3.63, 3.8) is 0 Å². The maximum atomic E-state index is 10.9. The Balaban J connectivity index is 2.79. The summed E-state index contributed by atoms with van der Waals surface area (Å²) in [5.41, 5.74) is 0. The molecule has 4 nitrogen and oxygen atoms in total. The summed E-state index contributed by atoms with van der Waals surface area (Å²) >= 11 is 0. The van der Waals surface area contributed by atoms with E-state index in [0.29, 0.717) is 10.8 Å². The van der Waals surface area contributed by atoms with Crippen LogP contribution in [0.25, 0.3) is 10.8 Å². The summed E-state index contributed by atoms with van der Waals surface area (Å²) in [7, 11) is -4.66. The molecule has 0 fully saturated rings. The van der Waals surface area contributed by atoms with E-state index in [1.807, 2.05) is 0 Å². The minimum Gasteiger partial charge on any atom is -0.775 e. The number of phenolic OH excluding ortho intramolecular Hbond substituents is 1. The van der Waals surface area contributed by atoms with Gasteiger partial charge in [-0.3, -0.25) is 0 Å². The lowest BCUT2D eigenvalue weighted by atomic mass is 10.1. The van der Waals surface area contributed by atoms with Crippen LogP contribution in [-0.4, -0.2) is 10.00 Å². The van der Waals surface area contributed by atoms with Crippen molar-refractivity contribution < 1.29 is 19.5 Å². The number of benzene rings is 2. The fraction of sp³-hybridized carbons (Fsp3) is 0. The molecule has 78 valence electrons. The molecule has 0 aromatic heterocycles. The topological polar surface area (TPSA) is 80.6 Å². The molecule has 0 aliphatic rings. The van der Waals surface area contributed by atoms with Gasteiger partial charge in [-0.05, 0) is 22.9 Å². The van der Waals surface area contributed by atoms with Crippen molar-refractivity contribution in [2.24, 2.45) is 0 Å². The lowest BCUT2D eigenvalue weighted by molar-refractivity contribution is -0.188. The summed E-state index contributed by atoms with van der Waals surface area (Å²) < 4.78 is 10.9. The zero-order chi connectivity index (χ0) is 11.1. The van der Waals surface area contributed by atoms with Gasteiger partial charge in [0.2, 0.25) is 0 Å².